The summed E-state index contributed by atoms with van der Waals surface area (Å²) in [5.74, 6) is 1.65. The molecule has 1 aromatic rings. The first-order valence-electron chi connectivity index (χ1n) is 6.19. The van der Waals surface area contributed by atoms with Gasteiger partial charge in [0.25, 0.3) is 0 Å². The molecule has 0 saturated heterocycles. The van der Waals surface area contributed by atoms with E-state index in [1.54, 1.807) is 18.0 Å². The highest BCUT2D eigenvalue weighted by Crippen LogP contribution is 2.13. The van der Waals surface area contributed by atoms with Gasteiger partial charge in [-0.3, -0.25) is 4.79 Å². The summed E-state index contributed by atoms with van der Waals surface area (Å²) in [5, 5.41) is 2.86. The summed E-state index contributed by atoms with van der Waals surface area (Å²) in [6.07, 6.45) is 4.44. The first-order valence-corrected chi connectivity index (χ1v) is 7.59. The Bertz CT molecular complexity index is 417. The third kappa shape index (κ3) is 5.98. The van der Waals surface area contributed by atoms with E-state index in [1.165, 1.54) is 0 Å². The Morgan fingerprint density at radius 2 is 2.25 bits per heavy atom. The first kappa shape index (κ1) is 19.0. The number of hydrogen-bond donors (Lipinski definition) is 2. The van der Waals surface area contributed by atoms with Gasteiger partial charge in [0.1, 0.15) is 5.82 Å². The second kappa shape index (κ2) is 9.85. The van der Waals surface area contributed by atoms with Crippen LogP contribution in [-0.2, 0) is 11.3 Å². The van der Waals surface area contributed by atoms with Crippen LogP contribution in [0.3, 0.4) is 0 Å². The van der Waals surface area contributed by atoms with Crippen molar-refractivity contribution in [2.24, 2.45) is 5.73 Å². The lowest BCUT2D eigenvalue weighted by molar-refractivity contribution is -0.122. The average molecular weight is 319 g/mol. The first-order chi connectivity index (χ1) is 9.06. The summed E-state index contributed by atoms with van der Waals surface area (Å²) in [7, 11) is 3.86. The maximum Gasteiger partial charge on any atom is 0.237 e. The third-order valence-electron chi connectivity index (χ3n) is 2.71. The maximum atomic E-state index is 11.8. The molecule has 20 heavy (non-hydrogen) atoms. The van der Waals surface area contributed by atoms with Crippen LogP contribution in [-0.4, -0.2) is 43.0 Å². The van der Waals surface area contributed by atoms with E-state index < -0.39 is 6.04 Å². The lowest BCUT2D eigenvalue weighted by Crippen LogP contribution is -2.40. The number of carbonyl (C=O) groups is 1. The number of halogens is 1. The molecule has 0 saturated carbocycles. The van der Waals surface area contributed by atoms with Crippen LogP contribution in [0, 0.1) is 0 Å². The van der Waals surface area contributed by atoms with Gasteiger partial charge in [-0.15, -0.1) is 12.4 Å². The van der Waals surface area contributed by atoms with Crippen molar-refractivity contribution in [3.8, 4) is 0 Å². The second-order valence-corrected chi connectivity index (χ2v) is 5.47. The van der Waals surface area contributed by atoms with Gasteiger partial charge in [-0.25, -0.2) is 4.98 Å². The predicted octanol–water partition coefficient (Wildman–Crippen LogP) is 1.27. The fourth-order valence-corrected chi connectivity index (χ4v) is 2.15. The largest absolute Gasteiger partial charge is 0.362 e. The van der Waals surface area contributed by atoms with E-state index in [9.17, 15) is 4.79 Å². The van der Waals surface area contributed by atoms with Crippen LogP contribution in [0.2, 0.25) is 0 Å². The van der Waals surface area contributed by atoms with Gasteiger partial charge in [-0.1, -0.05) is 6.07 Å². The summed E-state index contributed by atoms with van der Waals surface area (Å²) in [6, 6.07) is 3.38. The Morgan fingerprint density at radius 1 is 1.55 bits per heavy atom. The molecule has 0 bridgehead atoms. The van der Waals surface area contributed by atoms with Gasteiger partial charge in [0.2, 0.25) is 5.91 Å². The molecule has 0 fully saturated rings. The summed E-state index contributed by atoms with van der Waals surface area (Å²) in [6.45, 7) is 0.452. The van der Waals surface area contributed by atoms with Crippen LogP contribution >= 0.6 is 24.2 Å². The number of nitrogens with two attached hydrogens (primary N) is 1. The molecule has 0 aromatic carbocycles. The molecule has 0 radical (unpaired) electrons. The van der Waals surface area contributed by atoms with Gasteiger partial charge in [-0.05, 0) is 24.5 Å². The average Bonchev–Trinajstić information content (AvgIpc) is 2.42. The lowest BCUT2D eigenvalue weighted by Gasteiger charge is -2.17. The molecule has 0 aliphatic rings. The van der Waals surface area contributed by atoms with Crippen LogP contribution in [0.25, 0.3) is 0 Å². The molecule has 1 rings (SSSR count). The number of amides is 1. The molecule has 1 aromatic heterocycles. The van der Waals surface area contributed by atoms with E-state index in [4.69, 9.17) is 5.73 Å². The number of pyridine rings is 1. The van der Waals surface area contributed by atoms with Crippen molar-refractivity contribution in [2.75, 3.05) is 31.0 Å². The van der Waals surface area contributed by atoms with Crippen LogP contribution in [0.5, 0.6) is 0 Å². The van der Waals surface area contributed by atoms with Gasteiger partial charge < -0.3 is 16.0 Å². The van der Waals surface area contributed by atoms with Gasteiger partial charge in [0, 0.05) is 32.4 Å². The molecule has 1 amide bonds. The monoisotopic (exact) mass is 318 g/mol. The Hall–Kier alpha value is -0.980. The minimum atomic E-state index is -0.438. The number of anilines is 1. The van der Waals surface area contributed by atoms with Crippen molar-refractivity contribution in [2.45, 2.75) is 19.0 Å². The molecule has 1 heterocycles. The zero-order chi connectivity index (χ0) is 14.3. The van der Waals surface area contributed by atoms with E-state index in [0.29, 0.717) is 13.0 Å². The van der Waals surface area contributed by atoms with E-state index in [1.807, 2.05) is 37.4 Å². The number of nitrogens with zero attached hydrogens (tertiary/aromatic N) is 2. The van der Waals surface area contributed by atoms with Crippen molar-refractivity contribution in [1.29, 1.82) is 0 Å². The van der Waals surface area contributed by atoms with Crippen LogP contribution < -0.4 is 16.0 Å². The SMILES string of the molecule is CSCCC(N)C(=O)NCc1cccnc1N(C)C.Cl. The minimum Gasteiger partial charge on any atom is -0.362 e. The molecular weight excluding hydrogens is 296 g/mol. The Labute approximate surface area is 131 Å². The zero-order valence-electron chi connectivity index (χ0n) is 12.1. The Morgan fingerprint density at radius 3 is 2.85 bits per heavy atom. The van der Waals surface area contributed by atoms with Crippen molar-refractivity contribution in [3.05, 3.63) is 23.9 Å². The highest BCUT2D eigenvalue weighted by molar-refractivity contribution is 7.98. The fraction of sp³-hybridized carbons (Fsp3) is 0.538. The fourth-order valence-electron chi connectivity index (χ4n) is 1.66. The Kier molecular flexibility index (Phi) is 9.37. The number of thioether (sulfide) groups is 1. The van der Waals surface area contributed by atoms with Crippen LogP contribution in [0.1, 0.15) is 12.0 Å². The topological polar surface area (TPSA) is 71.2 Å². The Balaban J connectivity index is 0.00000361. The van der Waals surface area contributed by atoms with Gasteiger partial charge >= 0.3 is 0 Å². The van der Waals surface area contributed by atoms with E-state index in [2.05, 4.69) is 10.3 Å². The molecule has 0 aliphatic carbocycles. The molecule has 0 aliphatic heterocycles. The quantitative estimate of drug-likeness (QED) is 0.792. The summed E-state index contributed by atoms with van der Waals surface area (Å²) in [5.41, 5.74) is 6.80. The smallest absolute Gasteiger partial charge is 0.237 e. The molecule has 3 N–H and O–H groups in total. The molecule has 1 atom stereocenters. The van der Waals surface area contributed by atoms with Gasteiger partial charge in [0.15, 0.2) is 0 Å². The van der Waals surface area contributed by atoms with Crippen LogP contribution in [0.15, 0.2) is 18.3 Å². The normalized spacial score (nSPS) is 11.4. The van der Waals surface area contributed by atoms with Crippen LogP contribution in [0.4, 0.5) is 5.82 Å². The number of aromatic nitrogens is 1. The van der Waals surface area contributed by atoms with Gasteiger partial charge in [-0.2, -0.15) is 11.8 Å². The molecular formula is C13H23ClN4OS. The maximum absolute atomic E-state index is 11.8. The van der Waals surface area contributed by atoms with E-state index >= 15 is 0 Å². The molecule has 114 valence electrons. The van der Waals surface area contributed by atoms with E-state index in [-0.39, 0.29) is 18.3 Å². The second-order valence-electron chi connectivity index (χ2n) is 4.49. The number of rotatable bonds is 7. The standard InChI is InChI=1S/C13H22N4OS.ClH/c1-17(2)12-10(5-4-7-15-12)9-16-13(18)11(14)6-8-19-3;/h4-5,7,11H,6,8-9,14H2,1-3H3,(H,16,18);1H. The van der Waals surface area contributed by atoms with Crippen molar-refractivity contribution in [1.82, 2.24) is 10.3 Å². The number of hydrogen-bond acceptors (Lipinski definition) is 5. The predicted molar refractivity (Wildman–Crippen MR) is 88.6 cm³/mol. The van der Waals surface area contributed by atoms with Crippen molar-refractivity contribution in [3.63, 3.8) is 0 Å². The zero-order valence-corrected chi connectivity index (χ0v) is 13.8. The lowest BCUT2D eigenvalue weighted by atomic mass is 10.2. The molecule has 0 spiro atoms. The molecule has 5 nitrogen and oxygen atoms in total. The van der Waals surface area contributed by atoms with Crippen molar-refractivity contribution >= 4 is 35.9 Å². The number of nitrogens with one attached hydrogen (secondary N) is 1. The minimum absolute atomic E-state index is 0. The molecule has 7 heteroatoms. The highest BCUT2D eigenvalue weighted by atomic mass is 35.5. The third-order valence-corrected chi connectivity index (χ3v) is 3.36. The summed E-state index contributed by atoms with van der Waals surface area (Å²) < 4.78 is 0. The summed E-state index contributed by atoms with van der Waals surface area (Å²) in [4.78, 5) is 18.0. The molecule has 1 unspecified atom stereocenters. The number of carbonyl (C=O) groups excluding carboxylic acids is 1. The highest BCUT2D eigenvalue weighted by Gasteiger charge is 2.13. The van der Waals surface area contributed by atoms with E-state index in [0.717, 1.165) is 17.1 Å². The summed E-state index contributed by atoms with van der Waals surface area (Å²) >= 11 is 1.69. The van der Waals surface area contributed by atoms with Crippen molar-refractivity contribution < 1.29 is 4.79 Å². The van der Waals surface area contributed by atoms with Gasteiger partial charge in [0.05, 0.1) is 6.04 Å².